The van der Waals surface area contributed by atoms with Gasteiger partial charge in [0.25, 0.3) is 0 Å². The molecule has 110 valence electrons. The van der Waals surface area contributed by atoms with Gasteiger partial charge in [-0.05, 0) is 18.2 Å². The first-order chi connectivity index (χ1) is 10.2. The van der Waals surface area contributed by atoms with Crippen LogP contribution in [0.15, 0.2) is 42.5 Å². The quantitative estimate of drug-likeness (QED) is 0.885. The maximum atomic E-state index is 11.2. The van der Waals surface area contributed by atoms with E-state index in [9.17, 15) is 9.90 Å². The molecule has 2 aromatic rings. The molecule has 2 aromatic carbocycles. The Morgan fingerprint density at radius 3 is 2.48 bits per heavy atom. The van der Waals surface area contributed by atoms with Gasteiger partial charge in [-0.15, -0.1) is 0 Å². The van der Waals surface area contributed by atoms with Crippen LogP contribution in [-0.4, -0.2) is 25.3 Å². The summed E-state index contributed by atoms with van der Waals surface area (Å²) < 4.78 is 16.0. The van der Waals surface area contributed by atoms with Gasteiger partial charge in [0.05, 0.1) is 14.2 Å². The van der Waals surface area contributed by atoms with Crippen LogP contribution in [0.4, 0.5) is 0 Å². The second-order valence-electron chi connectivity index (χ2n) is 4.27. The number of hydrogen-bond acceptors (Lipinski definition) is 4. The fraction of sp³-hybridized carbons (Fsp3) is 0.188. The Morgan fingerprint density at radius 1 is 1.05 bits per heavy atom. The lowest BCUT2D eigenvalue weighted by atomic mass is 10.2. The molecule has 0 fully saturated rings. The third-order valence-corrected chi connectivity index (χ3v) is 2.99. The first kappa shape index (κ1) is 14.7. The van der Waals surface area contributed by atoms with Gasteiger partial charge >= 0.3 is 5.97 Å². The maximum Gasteiger partial charge on any atom is 0.339 e. The first-order valence-electron chi connectivity index (χ1n) is 6.31. The molecular formula is C16H16O5. The SMILES string of the molecule is COc1ccc(C(=O)O)c(OCc2ccccc2OC)c1. The third-order valence-electron chi connectivity index (χ3n) is 2.99. The summed E-state index contributed by atoms with van der Waals surface area (Å²) in [7, 11) is 3.09. The summed E-state index contributed by atoms with van der Waals surface area (Å²) in [6.07, 6.45) is 0. The van der Waals surface area contributed by atoms with Gasteiger partial charge in [0.15, 0.2) is 0 Å². The van der Waals surface area contributed by atoms with Crippen LogP contribution in [0.5, 0.6) is 17.2 Å². The Hall–Kier alpha value is -2.69. The highest BCUT2D eigenvalue weighted by atomic mass is 16.5. The Labute approximate surface area is 122 Å². The lowest BCUT2D eigenvalue weighted by Crippen LogP contribution is -2.04. The van der Waals surface area contributed by atoms with Crippen molar-refractivity contribution in [2.24, 2.45) is 0 Å². The van der Waals surface area contributed by atoms with Crippen LogP contribution in [-0.2, 0) is 6.61 Å². The fourth-order valence-electron chi connectivity index (χ4n) is 1.90. The summed E-state index contributed by atoms with van der Waals surface area (Å²) in [6.45, 7) is 0.206. The minimum atomic E-state index is -1.05. The van der Waals surface area contributed by atoms with Crippen LogP contribution < -0.4 is 14.2 Å². The highest BCUT2D eigenvalue weighted by Gasteiger charge is 2.13. The molecule has 0 radical (unpaired) electrons. The summed E-state index contributed by atoms with van der Waals surface area (Å²) in [6, 6.07) is 12.0. The molecule has 0 saturated carbocycles. The van der Waals surface area contributed by atoms with Crippen molar-refractivity contribution in [3.05, 3.63) is 53.6 Å². The Kier molecular flexibility index (Phi) is 4.66. The average Bonchev–Trinajstić information content (AvgIpc) is 2.52. The Balaban J connectivity index is 2.24. The fourth-order valence-corrected chi connectivity index (χ4v) is 1.90. The van der Waals surface area contributed by atoms with Crippen molar-refractivity contribution in [3.8, 4) is 17.2 Å². The second-order valence-corrected chi connectivity index (χ2v) is 4.27. The van der Waals surface area contributed by atoms with Crippen molar-refractivity contribution in [1.29, 1.82) is 0 Å². The Morgan fingerprint density at radius 2 is 1.81 bits per heavy atom. The monoisotopic (exact) mass is 288 g/mol. The molecule has 5 heteroatoms. The predicted molar refractivity (Wildman–Crippen MR) is 77.3 cm³/mol. The van der Waals surface area contributed by atoms with E-state index in [1.807, 2.05) is 24.3 Å². The van der Waals surface area contributed by atoms with E-state index >= 15 is 0 Å². The molecule has 0 aliphatic heterocycles. The summed E-state index contributed by atoms with van der Waals surface area (Å²) in [4.78, 5) is 11.2. The minimum absolute atomic E-state index is 0.0886. The molecule has 21 heavy (non-hydrogen) atoms. The van der Waals surface area contributed by atoms with Crippen LogP contribution in [0.2, 0.25) is 0 Å². The van der Waals surface area contributed by atoms with E-state index in [0.29, 0.717) is 11.5 Å². The van der Waals surface area contributed by atoms with Gasteiger partial charge in [-0.25, -0.2) is 4.79 Å². The van der Waals surface area contributed by atoms with Crippen molar-refractivity contribution in [1.82, 2.24) is 0 Å². The van der Waals surface area contributed by atoms with Crippen LogP contribution in [0.25, 0.3) is 0 Å². The van der Waals surface area contributed by atoms with Crippen molar-refractivity contribution in [2.75, 3.05) is 14.2 Å². The molecule has 0 saturated heterocycles. The van der Waals surface area contributed by atoms with Gasteiger partial charge in [0, 0.05) is 11.6 Å². The second kappa shape index (κ2) is 6.65. The van der Waals surface area contributed by atoms with Gasteiger partial charge in [-0.2, -0.15) is 0 Å². The normalized spacial score (nSPS) is 10.0. The summed E-state index contributed by atoms with van der Waals surface area (Å²) in [5, 5.41) is 9.18. The third kappa shape index (κ3) is 3.45. The molecule has 0 spiro atoms. The predicted octanol–water partition coefficient (Wildman–Crippen LogP) is 2.98. The van der Waals surface area contributed by atoms with Crippen molar-refractivity contribution >= 4 is 5.97 Å². The van der Waals surface area contributed by atoms with Gasteiger partial charge in [-0.1, -0.05) is 18.2 Å². The van der Waals surface area contributed by atoms with Gasteiger partial charge < -0.3 is 19.3 Å². The number of carbonyl (C=O) groups is 1. The summed E-state index contributed by atoms with van der Waals surface area (Å²) in [5.41, 5.74) is 0.921. The average molecular weight is 288 g/mol. The highest BCUT2D eigenvalue weighted by molar-refractivity contribution is 5.91. The van der Waals surface area contributed by atoms with Gasteiger partial charge in [0.2, 0.25) is 0 Å². The number of para-hydroxylation sites is 1. The number of rotatable bonds is 6. The standard InChI is InChI=1S/C16H16O5/c1-19-12-7-8-13(16(17)18)15(9-12)21-10-11-5-3-4-6-14(11)20-2/h3-9H,10H2,1-2H3,(H,17,18). The van der Waals surface area contributed by atoms with E-state index in [1.54, 1.807) is 19.2 Å². The molecular weight excluding hydrogens is 272 g/mol. The van der Waals surface area contributed by atoms with E-state index in [4.69, 9.17) is 14.2 Å². The van der Waals surface area contributed by atoms with Crippen molar-refractivity contribution in [2.45, 2.75) is 6.61 Å². The largest absolute Gasteiger partial charge is 0.497 e. The molecule has 0 heterocycles. The topological polar surface area (TPSA) is 65.0 Å². The van der Waals surface area contributed by atoms with E-state index in [-0.39, 0.29) is 17.9 Å². The van der Waals surface area contributed by atoms with Gasteiger partial charge in [0.1, 0.15) is 29.4 Å². The van der Waals surface area contributed by atoms with E-state index < -0.39 is 5.97 Å². The smallest absolute Gasteiger partial charge is 0.339 e. The van der Waals surface area contributed by atoms with Gasteiger partial charge in [-0.3, -0.25) is 0 Å². The Bertz CT molecular complexity index is 636. The zero-order chi connectivity index (χ0) is 15.2. The van der Waals surface area contributed by atoms with Crippen LogP contribution in [0.3, 0.4) is 0 Å². The number of carboxylic acids is 1. The summed E-state index contributed by atoms with van der Waals surface area (Å²) >= 11 is 0. The number of ether oxygens (including phenoxy) is 3. The molecule has 0 aliphatic carbocycles. The van der Waals surface area contributed by atoms with Crippen molar-refractivity contribution < 1.29 is 24.1 Å². The molecule has 0 atom stereocenters. The molecule has 0 unspecified atom stereocenters. The molecule has 2 rings (SSSR count). The highest BCUT2D eigenvalue weighted by Crippen LogP contribution is 2.27. The first-order valence-corrected chi connectivity index (χ1v) is 6.31. The summed E-state index contributed by atoms with van der Waals surface area (Å²) in [5.74, 6) is 0.438. The van der Waals surface area contributed by atoms with Crippen molar-refractivity contribution in [3.63, 3.8) is 0 Å². The number of carboxylic acid groups (broad SMARTS) is 1. The molecule has 0 aromatic heterocycles. The van der Waals surface area contributed by atoms with Crippen LogP contribution in [0.1, 0.15) is 15.9 Å². The number of benzene rings is 2. The van der Waals surface area contributed by atoms with E-state index in [0.717, 1.165) is 5.56 Å². The number of methoxy groups -OCH3 is 2. The van der Waals surface area contributed by atoms with Crippen LogP contribution in [0, 0.1) is 0 Å². The number of aromatic carboxylic acids is 1. The zero-order valence-corrected chi connectivity index (χ0v) is 11.8. The minimum Gasteiger partial charge on any atom is -0.497 e. The number of hydrogen-bond donors (Lipinski definition) is 1. The van der Waals surface area contributed by atoms with E-state index in [1.165, 1.54) is 13.2 Å². The lowest BCUT2D eigenvalue weighted by molar-refractivity contribution is 0.0691. The maximum absolute atomic E-state index is 11.2. The van der Waals surface area contributed by atoms with Crippen LogP contribution >= 0.6 is 0 Å². The molecule has 0 amide bonds. The zero-order valence-electron chi connectivity index (χ0n) is 11.8. The molecule has 5 nitrogen and oxygen atoms in total. The molecule has 0 aliphatic rings. The van der Waals surface area contributed by atoms with E-state index in [2.05, 4.69) is 0 Å². The molecule has 1 N–H and O–H groups in total. The lowest BCUT2D eigenvalue weighted by Gasteiger charge is -2.12. The molecule has 0 bridgehead atoms.